The summed E-state index contributed by atoms with van der Waals surface area (Å²) in [4.78, 5) is 20.3. The van der Waals surface area contributed by atoms with Crippen LogP contribution in [0.3, 0.4) is 0 Å². The van der Waals surface area contributed by atoms with E-state index in [1.165, 1.54) is 11.3 Å². The molecule has 0 aliphatic carbocycles. The number of anilines is 1. The third-order valence-electron chi connectivity index (χ3n) is 4.13. The van der Waals surface area contributed by atoms with Crippen molar-refractivity contribution in [2.75, 3.05) is 11.4 Å². The van der Waals surface area contributed by atoms with Crippen molar-refractivity contribution in [2.24, 2.45) is 0 Å². The Hall–Kier alpha value is -2.92. The van der Waals surface area contributed by atoms with Gasteiger partial charge in [-0.15, -0.1) is 11.3 Å². The van der Waals surface area contributed by atoms with Crippen molar-refractivity contribution < 1.29 is 4.79 Å². The molecule has 0 aliphatic heterocycles. The van der Waals surface area contributed by atoms with E-state index in [1.807, 2.05) is 83.6 Å². The maximum atomic E-state index is 13.1. The fraction of sp³-hybridized carbons (Fsp3) is 0.100. The van der Waals surface area contributed by atoms with Gasteiger partial charge in [-0.2, -0.15) is 0 Å². The Morgan fingerprint density at radius 3 is 2.44 bits per heavy atom. The fourth-order valence-electron chi connectivity index (χ4n) is 2.88. The molecule has 0 saturated carbocycles. The van der Waals surface area contributed by atoms with Crippen molar-refractivity contribution in [3.05, 3.63) is 77.9 Å². The van der Waals surface area contributed by atoms with Gasteiger partial charge in [0.25, 0.3) is 5.91 Å². The number of carbonyl (C=O) groups is 1. The summed E-state index contributed by atoms with van der Waals surface area (Å²) in [5.74, 6) is -0.0167. The van der Waals surface area contributed by atoms with Crippen molar-refractivity contribution in [1.29, 1.82) is 0 Å². The number of nitrogens with zero attached hydrogens (tertiary/aromatic N) is 3. The van der Waals surface area contributed by atoms with Crippen molar-refractivity contribution >= 4 is 27.9 Å². The number of hydrogen-bond acceptors (Lipinski definition) is 3. The summed E-state index contributed by atoms with van der Waals surface area (Å²) in [5, 5.41) is 1.88. The van der Waals surface area contributed by atoms with Gasteiger partial charge in [0.2, 0.25) is 0 Å². The van der Waals surface area contributed by atoms with E-state index < -0.39 is 0 Å². The number of fused-ring (bicyclic) bond motifs is 1. The molecular formula is C20H17N3OS. The molecule has 5 heteroatoms. The van der Waals surface area contributed by atoms with Gasteiger partial charge in [0.15, 0.2) is 4.96 Å². The van der Waals surface area contributed by atoms with Gasteiger partial charge in [-0.3, -0.25) is 9.20 Å². The van der Waals surface area contributed by atoms with Gasteiger partial charge in [-0.1, -0.05) is 48.5 Å². The number of imidazole rings is 1. The zero-order chi connectivity index (χ0) is 17.2. The van der Waals surface area contributed by atoms with Gasteiger partial charge in [-0.25, -0.2) is 4.98 Å². The molecule has 0 fully saturated rings. The zero-order valence-corrected chi connectivity index (χ0v) is 14.6. The Bertz CT molecular complexity index is 1010. The highest BCUT2D eigenvalue weighted by atomic mass is 32.1. The molecule has 2 aromatic heterocycles. The van der Waals surface area contributed by atoms with Crippen LogP contribution in [0.25, 0.3) is 16.2 Å². The van der Waals surface area contributed by atoms with Crippen LogP contribution >= 0.6 is 11.3 Å². The molecule has 4 nitrogen and oxygen atoms in total. The Kier molecular flexibility index (Phi) is 4.07. The Morgan fingerprint density at radius 1 is 1.08 bits per heavy atom. The quantitative estimate of drug-likeness (QED) is 0.535. The summed E-state index contributed by atoms with van der Waals surface area (Å²) in [6, 6.07) is 19.8. The average Bonchev–Trinajstić information content (AvgIpc) is 3.24. The van der Waals surface area contributed by atoms with E-state index in [9.17, 15) is 4.79 Å². The van der Waals surface area contributed by atoms with Crippen LogP contribution in [-0.2, 0) is 0 Å². The second-order valence-electron chi connectivity index (χ2n) is 5.65. The SMILES string of the molecule is CCN(C(=O)c1csc2nc(-c3ccccc3)cn12)c1ccccc1. The van der Waals surface area contributed by atoms with E-state index in [0.717, 1.165) is 21.9 Å². The highest BCUT2D eigenvalue weighted by Gasteiger charge is 2.21. The largest absolute Gasteiger partial charge is 0.307 e. The first kappa shape index (κ1) is 15.6. The van der Waals surface area contributed by atoms with Crippen molar-refractivity contribution in [1.82, 2.24) is 9.38 Å². The lowest BCUT2D eigenvalue weighted by Crippen LogP contribution is -2.31. The minimum absolute atomic E-state index is 0.0167. The van der Waals surface area contributed by atoms with Crippen LogP contribution in [0.15, 0.2) is 72.2 Å². The number of rotatable bonds is 4. The smallest absolute Gasteiger partial charge is 0.276 e. The molecule has 0 aliphatic rings. The zero-order valence-electron chi connectivity index (χ0n) is 13.8. The van der Waals surface area contributed by atoms with Crippen molar-refractivity contribution in [3.8, 4) is 11.3 Å². The lowest BCUT2D eigenvalue weighted by atomic mass is 10.2. The second-order valence-corrected chi connectivity index (χ2v) is 6.49. The molecule has 0 N–H and O–H groups in total. The number of thiazole rings is 1. The molecule has 0 spiro atoms. The Labute approximate surface area is 150 Å². The van der Waals surface area contributed by atoms with Crippen LogP contribution in [0, 0.1) is 0 Å². The molecule has 4 rings (SSSR count). The minimum atomic E-state index is -0.0167. The van der Waals surface area contributed by atoms with Crippen LogP contribution in [0.1, 0.15) is 17.4 Å². The highest BCUT2D eigenvalue weighted by Crippen LogP contribution is 2.25. The van der Waals surface area contributed by atoms with E-state index >= 15 is 0 Å². The molecule has 0 atom stereocenters. The lowest BCUT2D eigenvalue weighted by Gasteiger charge is -2.20. The summed E-state index contributed by atoms with van der Waals surface area (Å²) in [6.07, 6.45) is 1.94. The first-order chi connectivity index (χ1) is 12.3. The molecule has 124 valence electrons. The molecule has 1 amide bonds. The van der Waals surface area contributed by atoms with E-state index in [4.69, 9.17) is 0 Å². The molecule has 2 heterocycles. The molecule has 0 radical (unpaired) electrons. The molecule has 0 unspecified atom stereocenters. The van der Waals surface area contributed by atoms with Crippen LogP contribution in [0.2, 0.25) is 0 Å². The number of carbonyl (C=O) groups excluding carboxylic acids is 1. The molecular weight excluding hydrogens is 330 g/mol. The van der Waals surface area contributed by atoms with Gasteiger partial charge in [-0.05, 0) is 19.1 Å². The van der Waals surface area contributed by atoms with E-state index in [2.05, 4.69) is 4.98 Å². The normalized spacial score (nSPS) is 10.9. The Morgan fingerprint density at radius 2 is 1.76 bits per heavy atom. The summed E-state index contributed by atoms with van der Waals surface area (Å²) >= 11 is 1.49. The predicted molar refractivity (Wildman–Crippen MR) is 102 cm³/mol. The average molecular weight is 347 g/mol. The topological polar surface area (TPSA) is 37.6 Å². The predicted octanol–water partition coefficient (Wildman–Crippen LogP) is 4.73. The number of benzene rings is 2. The minimum Gasteiger partial charge on any atom is -0.307 e. The fourth-order valence-corrected chi connectivity index (χ4v) is 3.72. The summed E-state index contributed by atoms with van der Waals surface area (Å²) in [5.41, 5.74) is 3.47. The third kappa shape index (κ3) is 2.83. The van der Waals surface area contributed by atoms with E-state index in [0.29, 0.717) is 12.2 Å². The van der Waals surface area contributed by atoms with E-state index in [1.54, 1.807) is 4.90 Å². The van der Waals surface area contributed by atoms with Crippen LogP contribution in [-0.4, -0.2) is 21.8 Å². The summed E-state index contributed by atoms with van der Waals surface area (Å²) in [7, 11) is 0. The Balaban J connectivity index is 1.74. The standard InChI is InChI=1S/C20H17N3OS/c1-2-22(16-11-7-4-8-12-16)19(24)18-14-25-20-21-17(13-23(18)20)15-9-5-3-6-10-15/h3-14H,2H2,1H3. The third-order valence-corrected chi connectivity index (χ3v) is 4.97. The second kappa shape index (κ2) is 6.53. The highest BCUT2D eigenvalue weighted by molar-refractivity contribution is 7.15. The molecule has 2 aromatic carbocycles. The summed E-state index contributed by atoms with van der Waals surface area (Å²) < 4.78 is 1.89. The monoisotopic (exact) mass is 347 g/mol. The van der Waals surface area contributed by atoms with Gasteiger partial charge in [0.1, 0.15) is 5.69 Å². The number of amides is 1. The lowest BCUT2D eigenvalue weighted by molar-refractivity contribution is 0.0983. The molecule has 0 bridgehead atoms. The van der Waals surface area contributed by atoms with Crippen molar-refractivity contribution in [3.63, 3.8) is 0 Å². The first-order valence-corrected chi connectivity index (χ1v) is 9.05. The molecule has 0 saturated heterocycles. The van der Waals surface area contributed by atoms with Gasteiger partial charge in [0.05, 0.1) is 5.69 Å². The van der Waals surface area contributed by atoms with Crippen LogP contribution < -0.4 is 4.90 Å². The van der Waals surface area contributed by atoms with Crippen molar-refractivity contribution in [2.45, 2.75) is 6.92 Å². The summed E-state index contributed by atoms with van der Waals surface area (Å²) in [6.45, 7) is 2.60. The van der Waals surface area contributed by atoms with Gasteiger partial charge >= 0.3 is 0 Å². The molecule has 25 heavy (non-hydrogen) atoms. The first-order valence-electron chi connectivity index (χ1n) is 8.17. The van der Waals surface area contributed by atoms with Gasteiger partial charge < -0.3 is 4.90 Å². The number of hydrogen-bond donors (Lipinski definition) is 0. The van der Waals surface area contributed by atoms with E-state index in [-0.39, 0.29) is 5.91 Å². The number of para-hydroxylation sites is 1. The molecule has 4 aromatic rings. The van der Waals surface area contributed by atoms with Crippen LogP contribution in [0.4, 0.5) is 5.69 Å². The maximum absolute atomic E-state index is 13.1. The van der Waals surface area contributed by atoms with Gasteiger partial charge in [0, 0.05) is 29.4 Å². The number of aromatic nitrogens is 2. The maximum Gasteiger partial charge on any atom is 0.276 e. The van der Waals surface area contributed by atoms with Crippen LogP contribution in [0.5, 0.6) is 0 Å².